The molecule has 0 aromatic carbocycles. The number of aliphatic hydroxyl groups is 1. The largest absolute Gasteiger partial charge is 0.394 e. The van der Waals surface area contributed by atoms with Crippen molar-refractivity contribution in [1.82, 2.24) is 0 Å². The molecule has 0 unspecified atom stereocenters. The van der Waals surface area contributed by atoms with Gasteiger partial charge in [-0.1, -0.05) is 0 Å². The average Bonchev–Trinajstić information content (AvgIpc) is 2.50. The van der Waals surface area contributed by atoms with Crippen molar-refractivity contribution in [1.29, 1.82) is 0 Å². The van der Waals surface area contributed by atoms with Gasteiger partial charge in [0.2, 0.25) is 0 Å². The topological polar surface area (TPSA) is 75.6 Å². The second-order valence-corrected chi connectivity index (χ2v) is 3.98. The molecule has 0 aromatic rings. The zero-order valence-electron chi connectivity index (χ0n) is 13.1. The summed E-state index contributed by atoms with van der Waals surface area (Å²) in [5.74, 6) is 0. The Morgan fingerprint density at radius 1 is 0.476 bits per heavy atom. The van der Waals surface area contributed by atoms with Crippen LogP contribution < -0.4 is 0 Å². The Hall–Kier alpha value is -0.280. The van der Waals surface area contributed by atoms with E-state index in [9.17, 15) is 0 Å². The lowest BCUT2D eigenvalue weighted by Crippen LogP contribution is -2.14. The third-order valence-electron chi connectivity index (χ3n) is 2.30. The van der Waals surface area contributed by atoms with Gasteiger partial charge < -0.3 is 33.5 Å². The monoisotopic (exact) mass is 310 g/mol. The second-order valence-electron chi connectivity index (χ2n) is 3.98. The fourth-order valence-corrected chi connectivity index (χ4v) is 1.31. The van der Waals surface area contributed by atoms with Crippen molar-refractivity contribution in [3.05, 3.63) is 0 Å². The summed E-state index contributed by atoms with van der Waals surface area (Å²) in [5.41, 5.74) is 0. The molecule has 0 atom stereocenters. The summed E-state index contributed by atoms with van der Waals surface area (Å²) in [7, 11) is 0. The molecule has 0 spiro atoms. The minimum atomic E-state index is 0.0423. The number of hydrogen-bond acceptors (Lipinski definition) is 7. The Labute approximate surface area is 127 Å². The van der Waals surface area contributed by atoms with Gasteiger partial charge in [0.1, 0.15) is 0 Å². The lowest BCUT2D eigenvalue weighted by atomic mass is 10.7. The molecular formula is C14H30O7. The van der Waals surface area contributed by atoms with Gasteiger partial charge in [0.15, 0.2) is 0 Å². The van der Waals surface area contributed by atoms with E-state index >= 15 is 0 Å². The molecule has 0 aromatic heterocycles. The predicted molar refractivity (Wildman–Crippen MR) is 77.7 cm³/mol. The molecule has 0 fully saturated rings. The van der Waals surface area contributed by atoms with Crippen LogP contribution in [0.15, 0.2) is 0 Å². The third-order valence-corrected chi connectivity index (χ3v) is 2.30. The van der Waals surface area contributed by atoms with E-state index in [1.807, 2.05) is 6.92 Å². The van der Waals surface area contributed by atoms with Crippen LogP contribution >= 0.6 is 0 Å². The summed E-state index contributed by atoms with van der Waals surface area (Å²) in [6.45, 7) is 8.61. The van der Waals surface area contributed by atoms with Crippen molar-refractivity contribution >= 4 is 0 Å². The van der Waals surface area contributed by atoms with Gasteiger partial charge in [-0.2, -0.15) is 0 Å². The van der Waals surface area contributed by atoms with Gasteiger partial charge in [-0.05, 0) is 6.92 Å². The molecule has 0 bridgehead atoms. The van der Waals surface area contributed by atoms with E-state index in [0.29, 0.717) is 72.7 Å². The molecule has 21 heavy (non-hydrogen) atoms. The third kappa shape index (κ3) is 19.7. The lowest BCUT2D eigenvalue weighted by molar-refractivity contribution is -0.0177. The first-order valence-corrected chi connectivity index (χ1v) is 7.49. The van der Waals surface area contributed by atoms with Gasteiger partial charge in [0.05, 0.1) is 79.3 Å². The average molecular weight is 310 g/mol. The highest BCUT2D eigenvalue weighted by Gasteiger charge is 1.93. The van der Waals surface area contributed by atoms with E-state index < -0.39 is 0 Å². The zero-order valence-corrected chi connectivity index (χ0v) is 13.1. The van der Waals surface area contributed by atoms with Gasteiger partial charge >= 0.3 is 0 Å². The van der Waals surface area contributed by atoms with E-state index in [1.165, 1.54) is 0 Å². The molecule has 0 rings (SSSR count). The molecule has 7 heteroatoms. The summed E-state index contributed by atoms with van der Waals surface area (Å²) in [6.07, 6.45) is 0. The lowest BCUT2D eigenvalue weighted by Gasteiger charge is -2.07. The Balaban J connectivity index is 2.90. The van der Waals surface area contributed by atoms with Crippen LogP contribution in [0.1, 0.15) is 6.92 Å². The van der Waals surface area contributed by atoms with Crippen LogP contribution in [0.5, 0.6) is 0 Å². The summed E-state index contributed by atoms with van der Waals surface area (Å²) in [5, 5.41) is 8.48. The molecule has 0 aliphatic carbocycles. The second kappa shape index (κ2) is 19.7. The van der Waals surface area contributed by atoms with Crippen LogP contribution in [0.25, 0.3) is 0 Å². The minimum absolute atomic E-state index is 0.0423. The number of aliphatic hydroxyl groups excluding tert-OH is 1. The van der Waals surface area contributed by atoms with Crippen molar-refractivity contribution in [3.63, 3.8) is 0 Å². The number of rotatable bonds is 18. The molecule has 0 amide bonds. The van der Waals surface area contributed by atoms with Gasteiger partial charge in [0.25, 0.3) is 0 Å². The quantitative estimate of drug-likeness (QED) is 0.360. The smallest absolute Gasteiger partial charge is 0.0701 e. The van der Waals surface area contributed by atoms with E-state index in [2.05, 4.69) is 0 Å². The van der Waals surface area contributed by atoms with E-state index in [-0.39, 0.29) is 6.61 Å². The Kier molecular flexibility index (Phi) is 19.5. The van der Waals surface area contributed by atoms with Crippen molar-refractivity contribution in [2.24, 2.45) is 0 Å². The molecule has 0 aliphatic heterocycles. The molecule has 0 heterocycles. The fraction of sp³-hybridized carbons (Fsp3) is 1.00. The van der Waals surface area contributed by atoms with Crippen LogP contribution in [-0.2, 0) is 28.4 Å². The van der Waals surface area contributed by atoms with Crippen LogP contribution in [0.2, 0.25) is 0 Å². The normalized spacial score (nSPS) is 11.1. The molecular weight excluding hydrogens is 280 g/mol. The molecule has 0 saturated heterocycles. The summed E-state index contributed by atoms with van der Waals surface area (Å²) in [6, 6.07) is 0. The zero-order chi connectivity index (χ0) is 15.4. The van der Waals surface area contributed by atoms with Crippen LogP contribution in [0.3, 0.4) is 0 Å². The van der Waals surface area contributed by atoms with E-state index in [1.54, 1.807) is 0 Å². The molecule has 1 N–H and O–H groups in total. The minimum Gasteiger partial charge on any atom is -0.394 e. The van der Waals surface area contributed by atoms with Crippen LogP contribution in [-0.4, -0.2) is 91.0 Å². The van der Waals surface area contributed by atoms with Crippen molar-refractivity contribution in [2.75, 3.05) is 85.9 Å². The van der Waals surface area contributed by atoms with E-state index in [4.69, 9.17) is 33.5 Å². The van der Waals surface area contributed by atoms with Crippen molar-refractivity contribution < 1.29 is 33.5 Å². The Bertz CT molecular complexity index is 163. The Morgan fingerprint density at radius 2 is 0.762 bits per heavy atom. The molecule has 0 radical (unpaired) electrons. The van der Waals surface area contributed by atoms with Crippen LogP contribution in [0, 0.1) is 0 Å². The maximum absolute atomic E-state index is 8.48. The van der Waals surface area contributed by atoms with Gasteiger partial charge in [-0.15, -0.1) is 0 Å². The first-order valence-electron chi connectivity index (χ1n) is 7.49. The van der Waals surface area contributed by atoms with Crippen LogP contribution in [0.4, 0.5) is 0 Å². The summed E-state index contributed by atoms with van der Waals surface area (Å²) < 4.78 is 31.4. The standard InChI is InChI=1S/C14H30O7/c1-2-16-5-6-18-9-10-20-13-14-21-12-11-19-8-7-17-4-3-15/h15H,2-14H2,1H3. The highest BCUT2D eigenvalue weighted by atomic mass is 16.6. The maximum Gasteiger partial charge on any atom is 0.0701 e. The summed E-state index contributed by atoms with van der Waals surface area (Å²) >= 11 is 0. The highest BCUT2D eigenvalue weighted by Crippen LogP contribution is 1.84. The SMILES string of the molecule is CCOCCOCCOCCOCCOCCOCCO. The number of ether oxygens (including phenoxy) is 6. The van der Waals surface area contributed by atoms with E-state index in [0.717, 1.165) is 6.61 Å². The Morgan fingerprint density at radius 3 is 1.05 bits per heavy atom. The van der Waals surface area contributed by atoms with Gasteiger partial charge in [0, 0.05) is 6.61 Å². The van der Waals surface area contributed by atoms with Gasteiger partial charge in [-0.3, -0.25) is 0 Å². The van der Waals surface area contributed by atoms with Crippen molar-refractivity contribution in [3.8, 4) is 0 Å². The van der Waals surface area contributed by atoms with Gasteiger partial charge in [-0.25, -0.2) is 0 Å². The molecule has 0 aliphatic rings. The molecule has 0 saturated carbocycles. The molecule has 128 valence electrons. The maximum atomic E-state index is 8.48. The first kappa shape index (κ1) is 20.7. The number of hydrogen-bond donors (Lipinski definition) is 1. The predicted octanol–water partition coefficient (Wildman–Crippen LogP) is 0.0982. The first-order chi connectivity index (χ1) is 10.4. The molecule has 7 nitrogen and oxygen atoms in total. The highest BCUT2D eigenvalue weighted by molar-refractivity contribution is 4.36. The van der Waals surface area contributed by atoms with Crippen molar-refractivity contribution in [2.45, 2.75) is 6.92 Å². The fourth-order valence-electron chi connectivity index (χ4n) is 1.31. The summed E-state index contributed by atoms with van der Waals surface area (Å²) in [4.78, 5) is 0.